The van der Waals surface area contributed by atoms with E-state index in [9.17, 15) is 27.9 Å². The van der Waals surface area contributed by atoms with Gasteiger partial charge in [0.1, 0.15) is 0 Å². The van der Waals surface area contributed by atoms with Crippen LogP contribution in [0.3, 0.4) is 0 Å². The highest BCUT2D eigenvalue weighted by molar-refractivity contribution is 5.89. The lowest BCUT2D eigenvalue weighted by Crippen LogP contribution is -2.45. The first-order valence-electron chi connectivity index (χ1n) is 8.10. The molecule has 136 valence electrons. The number of carbonyl (C=O) groups excluding carboxylic acids is 1. The van der Waals surface area contributed by atoms with E-state index < -0.39 is 24.4 Å². The SMILES string of the molecule is O=C(O)c1ccccc1C1CCN(C(=O)C2CC(OC(F)(F)F)C2)C1. The van der Waals surface area contributed by atoms with Gasteiger partial charge in [-0.2, -0.15) is 0 Å². The number of aromatic carboxylic acids is 1. The Hall–Kier alpha value is -2.09. The van der Waals surface area contributed by atoms with Crippen LogP contribution in [0.25, 0.3) is 0 Å². The van der Waals surface area contributed by atoms with Crippen LogP contribution in [0.2, 0.25) is 0 Å². The smallest absolute Gasteiger partial charge is 0.478 e. The highest BCUT2D eigenvalue weighted by atomic mass is 19.4. The van der Waals surface area contributed by atoms with Gasteiger partial charge in [-0.3, -0.25) is 9.53 Å². The molecule has 1 aromatic carbocycles. The summed E-state index contributed by atoms with van der Waals surface area (Å²) in [6.07, 6.45) is -4.82. The average Bonchev–Trinajstić information content (AvgIpc) is 2.98. The van der Waals surface area contributed by atoms with E-state index in [1.165, 1.54) is 6.07 Å². The molecule has 1 atom stereocenters. The second-order valence-corrected chi connectivity index (χ2v) is 6.52. The summed E-state index contributed by atoms with van der Waals surface area (Å²) in [6, 6.07) is 6.70. The summed E-state index contributed by atoms with van der Waals surface area (Å²) in [5, 5.41) is 9.27. The van der Waals surface area contributed by atoms with Gasteiger partial charge in [-0.05, 0) is 30.9 Å². The molecule has 1 heterocycles. The largest absolute Gasteiger partial charge is 0.522 e. The molecule has 1 amide bonds. The summed E-state index contributed by atoms with van der Waals surface area (Å²) in [6.45, 7) is 0.878. The number of amides is 1. The molecule has 25 heavy (non-hydrogen) atoms. The van der Waals surface area contributed by atoms with Crippen molar-refractivity contribution < 1.29 is 32.6 Å². The molecule has 0 bridgehead atoms. The van der Waals surface area contributed by atoms with Crippen molar-refractivity contribution in [2.24, 2.45) is 5.92 Å². The second kappa shape index (κ2) is 6.67. The van der Waals surface area contributed by atoms with Crippen molar-refractivity contribution in [1.29, 1.82) is 0 Å². The van der Waals surface area contributed by atoms with E-state index >= 15 is 0 Å². The van der Waals surface area contributed by atoms with Crippen LogP contribution in [0.4, 0.5) is 13.2 Å². The maximum atomic E-state index is 12.4. The van der Waals surface area contributed by atoms with Gasteiger partial charge in [0.2, 0.25) is 5.91 Å². The van der Waals surface area contributed by atoms with E-state index in [0.29, 0.717) is 25.1 Å². The number of hydrogen-bond donors (Lipinski definition) is 1. The van der Waals surface area contributed by atoms with Crippen LogP contribution < -0.4 is 0 Å². The summed E-state index contributed by atoms with van der Waals surface area (Å²) in [5.41, 5.74) is 0.918. The number of rotatable bonds is 4. The van der Waals surface area contributed by atoms with E-state index in [-0.39, 0.29) is 30.2 Å². The number of benzene rings is 1. The zero-order valence-corrected chi connectivity index (χ0v) is 13.3. The van der Waals surface area contributed by atoms with Crippen molar-refractivity contribution >= 4 is 11.9 Å². The van der Waals surface area contributed by atoms with Crippen LogP contribution in [0.15, 0.2) is 24.3 Å². The third-order valence-corrected chi connectivity index (χ3v) is 4.88. The lowest BCUT2D eigenvalue weighted by atomic mass is 9.81. The van der Waals surface area contributed by atoms with Crippen molar-refractivity contribution in [2.75, 3.05) is 13.1 Å². The number of carboxylic acid groups (broad SMARTS) is 1. The number of ether oxygens (including phenoxy) is 1. The van der Waals surface area contributed by atoms with Crippen molar-refractivity contribution in [1.82, 2.24) is 4.90 Å². The van der Waals surface area contributed by atoms with E-state index in [1.807, 2.05) is 0 Å². The first-order valence-corrected chi connectivity index (χ1v) is 8.10. The van der Waals surface area contributed by atoms with Crippen molar-refractivity contribution in [2.45, 2.75) is 37.6 Å². The first kappa shape index (κ1) is 17.7. The van der Waals surface area contributed by atoms with Gasteiger partial charge in [-0.25, -0.2) is 4.79 Å². The molecule has 1 N–H and O–H groups in total. The predicted octanol–water partition coefficient (Wildman–Crippen LogP) is 3.02. The summed E-state index contributed by atoms with van der Waals surface area (Å²) in [4.78, 5) is 25.4. The Morgan fingerprint density at radius 3 is 2.52 bits per heavy atom. The predicted molar refractivity (Wildman–Crippen MR) is 81.0 cm³/mol. The number of halogens is 3. The van der Waals surface area contributed by atoms with E-state index in [4.69, 9.17) is 0 Å². The fourth-order valence-corrected chi connectivity index (χ4v) is 3.57. The molecule has 3 rings (SSSR count). The summed E-state index contributed by atoms with van der Waals surface area (Å²) < 4.78 is 40.3. The van der Waals surface area contributed by atoms with Gasteiger partial charge in [0.25, 0.3) is 0 Å². The zero-order chi connectivity index (χ0) is 18.2. The van der Waals surface area contributed by atoms with Gasteiger partial charge in [-0.15, -0.1) is 13.2 Å². The van der Waals surface area contributed by atoms with Crippen LogP contribution in [-0.2, 0) is 9.53 Å². The van der Waals surface area contributed by atoms with Crippen LogP contribution in [0.5, 0.6) is 0 Å². The van der Waals surface area contributed by atoms with Crippen LogP contribution in [0.1, 0.15) is 41.1 Å². The monoisotopic (exact) mass is 357 g/mol. The Morgan fingerprint density at radius 2 is 1.88 bits per heavy atom. The van der Waals surface area contributed by atoms with E-state index in [0.717, 1.165) is 0 Å². The third kappa shape index (κ3) is 3.95. The number of carbonyl (C=O) groups is 2. The van der Waals surface area contributed by atoms with Gasteiger partial charge >= 0.3 is 12.3 Å². The molecular formula is C17H18F3NO4. The highest BCUT2D eigenvalue weighted by Crippen LogP contribution is 2.38. The Labute approximate surface area is 142 Å². The lowest BCUT2D eigenvalue weighted by molar-refractivity contribution is -0.353. The number of likely N-dealkylation sites (tertiary alicyclic amines) is 1. The van der Waals surface area contributed by atoms with Gasteiger partial charge < -0.3 is 10.0 Å². The minimum absolute atomic E-state index is 0.0708. The fourth-order valence-electron chi connectivity index (χ4n) is 3.57. The maximum absolute atomic E-state index is 12.4. The van der Waals surface area contributed by atoms with Gasteiger partial charge in [0.15, 0.2) is 0 Å². The summed E-state index contributed by atoms with van der Waals surface area (Å²) in [5.74, 6) is -1.69. The van der Waals surface area contributed by atoms with Crippen molar-refractivity contribution in [3.8, 4) is 0 Å². The average molecular weight is 357 g/mol. The van der Waals surface area contributed by atoms with Gasteiger partial charge in [-0.1, -0.05) is 18.2 Å². The molecule has 1 aliphatic heterocycles. The summed E-state index contributed by atoms with van der Waals surface area (Å²) in [7, 11) is 0. The van der Waals surface area contributed by atoms with Crippen molar-refractivity contribution in [3.63, 3.8) is 0 Å². The first-order chi connectivity index (χ1) is 11.7. The molecule has 1 saturated heterocycles. The Bertz CT molecular complexity index is 670. The standard InChI is InChI=1S/C17H18F3NO4/c18-17(19,20)25-12-7-11(8-12)15(22)21-6-5-10(9-21)13-3-1-2-4-14(13)16(23)24/h1-4,10-12H,5-9H2,(H,23,24). The Kier molecular flexibility index (Phi) is 4.73. The number of nitrogens with zero attached hydrogens (tertiary/aromatic N) is 1. The van der Waals surface area contributed by atoms with Gasteiger partial charge in [0.05, 0.1) is 11.7 Å². The minimum Gasteiger partial charge on any atom is -0.478 e. The maximum Gasteiger partial charge on any atom is 0.522 e. The molecule has 1 aromatic rings. The molecule has 8 heteroatoms. The Balaban J connectivity index is 1.57. The van der Waals surface area contributed by atoms with E-state index in [2.05, 4.69) is 4.74 Å². The van der Waals surface area contributed by atoms with Crippen LogP contribution in [0, 0.1) is 5.92 Å². The van der Waals surface area contributed by atoms with Crippen LogP contribution in [-0.4, -0.2) is 47.4 Å². The number of carboxylic acids is 1. The lowest BCUT2D eigenvalue weighted by Gasteiger charge is -2.36. The molecular weight excluding hydrogens is 339 g/mol. The summed E-state index contributed by atoms with van der Waals surface area (Å²) >= 11 is 0. The number of hydrogen-bond acceptors (Lipinski definition) is 3. The molecule has 1 aliphatic carbocycles. The zero-order valence-electron chi connectivity index (χ0n) is 13.3. The van der Waals surface area contributed by atoms with Crippen molar-refractivity contribution in [3.05, 3.63) is 35.4 Å². The molecule has 5 nitrogen and oxygen atoms in total. The third-order valence-electron chi connectivity index (χ3n) is 4.88. The molecule has 2 fully saturated rings. The molecule has 1 unspecified atom stereocenters. The van der Waals surface area contributed by atoms with E-state index in [1.54, 1.807) is 23.1 Å². The molecule has 2 aliphatic rings. The quantitative estimate of drug-likeness (QED) is 0.900. The molecule has 0 radical (unpaired) electrons. The van der Waals surface area contributed by atoms with Crippen LogP contribution >= 0.6 is 0 Å². The number of alkyl halides is 3. The normalized spacial score (nSPS) is 26.4. The topological polar surface area (TPSA) is 66.8 Å². The second-order valence-electron chi connectivity index (χ2n) is 6.52. The fraction of sp³-hybridized carbons (Fsp3) is 0.529. The molecule has 1 saturated carbocycles. The minimum atomic E-state index is -4.67. The molecule has 0 spiro atoms. The highest BCUT2D eigenvalue weighted by Gasteiger charge is 2.44. The molecule has 0 aromatic heterocycles. The van der Waals surface area contributed by atoms with Gasteiger partial charge in [0, 0.05) is 24.9 Å². The Morgan fingerprint density at radius 1 is 1.20 bits per heavy atom.